The Morgan fingerprint density at radius 1 is 1.08 bits per heavy atom. The highest BCUT2D eigenvalue weighted by atomic mass is 16.3. The number of aliphatic hydroxyl groups excluding tert-OH is 2. The minimum absolute atomic E-state index is 0.270. The molecule has 0 saturated carbocycles. The summed E-state index contributed by atoms with van der Waals surface area (Å²) >= 11 is 0. The first-order chi connectivity index (χ1) is 11.7. The van der Waals surface area contributed by atoms with E-state index in [9.17, 15) is 5.11 Å². The van der Waals surface area contributed by atoms with E-state index in [0.29, 0.717) is 0 Å². The number of nitrogens with one attached hydrogen (secondary N) is 1. The van der Waals surface area contributed by atoms with Crippen molar-refractivity contribution in [2.75, 3.05) is 18.5 Å². The van der Waals surface area contributed by atoms with Crippen molar-refractivity contribution in [2.45, 2.75) is 6.10 Å². The average Bonchev–Trinajstić information content (AvgIpc) is 3.01. The second-order valence-electron chi connectivity index (χ2n) is 5.99. The predicted octanol–water partition coefficient (Wildman–Crippen LogP) is 2.60. The number of hydrogen-bond donors (Lipinski definition) is 3. The van der Waals surface area contributed by atoms with Gasteiger partial charge in [0.1, 0.15) is 5.69 Å². The van der Waals surface area contributed by atoms with Crippen LogP contribution in [0.5, 0.6) is 0 Å². The zero-order valence-electron chi connectivity index (χ0n) is 13.4. The Labute approximate surface area is 139 Å². The van der Waals surface area contributed by atoms with Crippen LogP contribution >= 0.6 is 0 Å². The van der Waals surface area contributed by atoms with Crippen molar-refractivity contribution < 1.29 is 10.2 Å². The molecule has 2 aliphatic rings. The van der Waals surface area contributed by atoms with Crippen molar-refractivity contribution in [3.63, 3.8) is 0 Å². The molecule has 2 heterocycles. The van der Waals surface area contributed by atoms with Gasteiger partial charge in [-0.05, 0) is 12.1 Å². The summed E-state index contributed by atoms with van der Waals surface area (Å²) in [5.41, 5.74) is 4.86. The summed E-state index contributed by atoms with van der Waals surface area (Å²) in [5.74, 6) is 0. The molecule has 5 heteroatoms. The topological polar surface area (TPSA) is 70.3 Å². The molecule has 24 heavy (non-hydrogen) atoms. The van der Waals surface area contributed by atoms with Crippen LogP contribution in [0.4, 0.5) is 5.69 Å². The fourth-order valence-corrected chi connectivity index (χ4v) is 3.28. The van der Waals surface area contributed by atoms with Gasteiger partial charge in [-0.1, -0.05) is 36.4 Å². The van der Waals surface area contributed by atoms with Crippen molar-refractivity contribution in [1.82, 2.24) is 9.55 Å². The zero-order valence-corrected chi connectivity index (χ0v) is 13.4. The molecule has 0 unspecified atom stereocenters. The molecule has 0 saturated heterocycles. The summed E-state index contributed by atoms with van der Waals surface area (Å²) < 4.78 is 2.16. The molecule has 0 radical (unpaired) electrons. The Kier molecular flexibility index (Phi) is 3.59. The second kappa shape index (κ2) is 5.78. The molecule has 122 valence electrons. The minimum atomic E-state index is -0.808. The van der Waals surface area contributed by atoms with Gasteiger partial charge in [-0.25, -0.2) is 4.98 Å². The van der Waals surface area contributed by atoms with E-state index in [0.717, 1.165) is 38.9 Å². The average molecular weight is 321 g/mol. The number of aryl methyl sites for hydroxylation is 1. The van der Waals surface area contributed by atoms with Crippen LogP contribution in [0.25, 0.3) is 33.2 Å². The lowest BCUT2D eigenvalue weighted by molar-refractivity contribution is 0.105. The number of nitrogens with zero attached hydrogens (tertiary/aromatic N) is 2. The van der Waals surface area contributed by atoms with E-state index in [2.05, 4.69) is 22.0 Å². The van der Waals surface area contributed by atoms with Gasteiger partial charge >= 0.3 is 0 Å². The monoisotopic (exact) mass is 321 g/mol. The van der Waals surface area contributed by atoms with E-state index in [1.54, 1.807) is 0 Å². The van der Waals surface area contributed by atoms with Crippen molar-refractivity contribution in [2.24, 2.45) is 7.05 Å². The first-order valence-electron chi connectivity index (χ1n) is 7.99. The molecule has 0 fully saturated rings. The van der Waals surface area contributed by atoms with Crippen LogP contribution in [-0.2, 0) is 7.05 Å². The summed E-state index contributed by atoms with van der Waals surface area (Å²) in [5, 5.41) is 24.2. The molecule has 0 aliphatic carbocycles. The molecule has 3 N–H and O–H groups in total. The van der Waals surface area contributed by atoms with E-state index >= 15 is 0 Å². The Balaban J connectivity index is 2.04. The molecule has 2 aromatic rings. The molecule has 0 bridgehead atoms. The van der Waals surface area contributed by atoms with Crippen LogP contribution < -0.4 is 5.32 Å². The maximum absolute atomic E-state index is 9.72. The lowest BCUT2D eigenvalue weighted by Gasteiger charge is -2.19. The number of benzene rings is 2. The van der Waals surface area contributed by atoms with E-state index in [1.807, 2.05) is 43.4 Å². The third-order valence-corrected chi connectivity index (χ3v) is 4.45. The SMILES string of the molecule is Cn1c2c3ccccc3nc-2c(NC[C@H](O)CO)c2ccccc21. The van der Waals surface area contributed by atoms with Crippen molar-refractivity contribution in [3.8, 4) is 11.4 Å². The molecule has 2 aromatic carbocycles. The molecular weight excluding hydrogens is 302 g/mol. The highest BCUT2D eigenvalue weighted by molar-refractivity contribution is 6.08. The Morgan fingerprint density at radius 3 is 2.58 bits per heavy atom. The molecule has 0 aromatic heterocycles. The van der Waals surface area contributed by atoms with Crippen LogP contribution in [0.1, 0.15) is 0 Å². The highest BCUT2D eigenvalue weighted by Gasteiger charge is 2.22. The Hall–Kier alpha value is -2.63. The highest BCUT2D eigenvalue weighted by Crippen LogP contribution is 2.40. The number of fused-ring (bicyclic) bond motifs is 4. The lowest BCUT2D eigenvalue weighted by Crippen LogP contribution is -2.23. The summed E-state index contributed by atoms with van der Waals surface area (Å²) in [4.78, 5) is 4.80. The number of aromatic nitrogens is 2. The fraction of sp³-hybridized carbons (Fsp3) is 0.211. The van der Waals surface area contributed by atoms with Gasteiger partial charge in [0.25, 0.3) is 0 Å². The summed E-state index contributed by atoms with van der Waals surface area (Å²) in [6, 6.07) is 16.2. The number of aliphatic hydroxyl groups is 2. The smallest absolute Gasteiger partial charge is 0.112 e. The number of hydrogen-bond acceptors (Lipinski definition) is 4. The summed E-state index contributed by atoms with van der Waals surface area (Å²) in [6.45, 7) is -0.00235. The molecular formula is C19H19N3O2. The third kappa shape index (κ3) is 2.21. The third-order valence-electron chi connectivity index (χ3n) is 4.45. The normalized spacial score (nSPS) is 13.0. The molecule has 4 rings (SSSR count). The van der Waals surface area contributed by atoms with E-state index < -0.39 is 6.10 Å². The molecule has 5 nitrogen and oxygen atoms in total. The fourth-order valence-electron chi connectivity index (χ4n) is 3.28. The number of anilines is 1. The summed E-state index contributed by atoms with van der Waals surface area (Å²) in [6.07, 6.45) is -0.808. The maximum atomic E-state index is 9.72. The van der Waals surface area contributed by atoms with Gasteiger partial charge in [-0.15, -0.1) is 0 Å². The van der Waals surface area contributed by atoms with Gasteiger partial charge in [0, 0.05) is 24.4 Å². The van der Waals surface area contributed by atoms with Crippen LogP contribution in [0.3, 0.4) is 0 Å². The number of rotatable bonds is 4. The molecule has 0 spiro atoms. The molecule has 1 atom stereocenters. The number of para-hydroxylation sites is 2. The van der Waals surface area contributed by atoms with Crippen LogP contribution in [0, 0.1) is 0 Å². The maximum Gasteiger partial charge on any atom is 0.112 e. The van der Waals surface area contributed by atoms with E-state index in [1.165, 1.54) is 0 Å². The first-order valence-corrected chi connectivity index (χ1v) is 7.99. The molecule has 0 amide bonds. The summed E-state index contributed by atoms with van der Waals surface area (Å²) in [7, 11) is 2.05. The van der Waals surface area contributed by atoms with Gasteiger partial charge in [-0.3, -0.25) is 0 Å². The van der Waals surface area contributed by atoms with E-state index in [4.69, 9.17) is 10.1 Å². The Morgan fingerprint density at radius 2 is 1.79 bits per heavy atom. The lowest BCUT2D eigenvalue weighted by atomic mass is 10.1. The second-order valence-corrected chi connectivity index (χ2v) is 5.99. The van der Waals surface area contributed by atoms with E-state index in [-0.39, 0.29) is 13.2 Å². The first kappa shape index (κ1) is 14.9. The van der Waals surface area contributed by atoms with Crippen LogP contribution in [-0.4, -0.2) is 39.0 Å². The minimum Gasteiger partial charge on any atom is -0.394 e. The van der Waals surface area contributed by atoms with Gasteiger partial charge in [0.2, 0.25) is 0 Å². The van der Waals surface area contributed by atoms with Crippen molar-refractivity contribution in [1.29, 1.82) is 0 Å². The standard InChI is InChI=1S/C19H19N3O2/c1-22-16-9-5-3-7-14(16)17(20-10-12(24)11-23)18-19(22)13-6-2-4-8-15(13)21-18/h2-9,12,20,23-24H,10-11H2,1H3/t12-/m0/s1. The van der Waals surface area contributed by atoms with Gasteiger partial charge in [-0.2, -0.15) is 0 Å². The number of pyridine rings is 1. The zero-order chi connectivity index (χ0) is 16.7. The predicted molar refractivity (Wildman–Crippen MR) is 96.4 cm³/mol. The van der Waals surface area contributed by atoms with Crippen molar-refractivity contribution >= 4 is 27.5 Å². The van der Waals surface area contributed by atoms with Gasteiger partial charge < -0.3 is 20.1 Å². The van der Waals surface area contributed by atoms with Crippen LogP contribution in [0.15, 0.2) is 48.5 Å². The quantitative estimate of drug-likeness (QED) is 0.540. The Bertz CT molecular complexity index is 993. The largest absolute Gasteiger partial charge is 0.394 e. The van der Waals surface area contributed by atoms with Crippen molar-refractivity contribution in [3.05, 3.63) is 48.5 Å². The van der Waals surface area contributed by atoms with Crippen LogP contribution in [0.2, 0.25) is 0 Å². The van der Waals surface area contributed by atoms with Gasteiger partial charge in [0.05, 0.1) is 35.1 Å². The molecule has 2 aliphatic heterocycles. The van der Waals surface area contributed by atoms with Gasteiger partial charge in [0.15, 0.2) is 0 Å².